The number of esters is 1. The summed E-state index contributed by atoms with van der Waals surface area (Å²) >= 11 is 0. The number of carbonyl (C=O) groups excluding carboxylic acids is 1. The van der Waals surface area contributed by atoms with E-state index in [2.05, 4.69) is 5.10 Å². The van der Waals surface area contributed by atoms with Gasteiger partial charge in [0.25, 0.3) is 0 Å². The number of aromatic nitrogens is 2. The molecule has 112 valence electrons. The standard InChI is InChI=1S/C14H17FN4O2/c1-18(2)13-11(14(20)21-3)12(16)19(17-13)8-9-4-6-10(15)7-5-9/h4-7H,8,16H2,1-3H3. The second kappa shape index (κ2) is 5.82. The van der Waals surface area contributed by atoms with Crippen LogP contribution >= 0.6 is 0 Å². The molecule has 6 nitrogen and oxygen atoms in total. The van der Waals surface area contributed by atoms with Crippen LogP contribution < -0.4 is 10.6 Å². The van der Waals surface area contributed by atoms with Crippen molar-refractivity contribution in [2.75, 3.05) is 31.8 Å². The van der Waals surface area contributed by atoms with Crippen LogP contribution in [0.1, 0.15) is 15.9 Å². The van der Waals surface area contributed by atoms with E-state index in [9.17, 15) is 9.18 Å². The number of anilines is 2. The number of ether oxygens (including phenoxy) is 1. The number of hydrogen-bond donors (Lipinski definition) is 1. The van der Waals surface area contributed by atoms with E-state index < -0.39 is 5.97 Å². The molecule has 1 heterocycles. The van der Waals surface area contributed by atoms with Gasteiger partial charge >= 0.3 is 5.97 Å². The maximum absolute atomic E-state index is 12.9. The number of benzene rings is 1. The predicted octanol–water partition coefficient (Wildman–Crippen LogP) is 1.51. The molecule has 0 amide bonds. The number of methoxy groups -OCH3 is 1. The van der Waals surface area contributed by atoms with E-state index in [-0.39, 0.29) is 17.2 Å². The molecule has 0 fully saturated rings. The van der Waals surface area contributed by atoms with Crippen molar-refractivity contribution >= 4 is 17.6 Å². The number of nitrogens with two attached hydrogens (primary N) is 1. The first kappa shape index (κ1) is 14.8. The lowest BCUT2D eigenvalue weighted by molar-refractivity contribution is 0.0602. The number of halogens is 1. The van der Waals surface area contributed by atoms with Crippen molar-refractivity contribution < 1.29 is 13.9 Å². The minimum absolute atomic E-state index is 0.217. The third-order valence-corrected chi connectivity index (χ3v) is 3.03. The molecule has 1 aromatic heterocycles. The van der Waals surface area contributed by atoms with Gasteiger partial charge in [-0.2, -0.15) is 5.10 Å². The van der Waals surface area contributed by atoms with Gasteiger partial charge in [0.2, 0.25) is 0 Å². The Hall–Kier alpha value is -2.57. The van der Waals surface area contributed by atoms with Gasteiger partial charge in [-0.25, -0.2) is 13.9 Å². The number of carbonyl (C=O) groups is 1. The summed E-state index contributed by atoms with van der Waals surface area (Å²) in [7, 11) is 4.81. The first-order valence-corrected chi connectivity index (χ1v) is 6.30. The Bertz CT molecular complexity index is 650. The van der Waals surface area contributed by atoms with E-state index >= 15 is 0 Å². The molecular weight excluding hydrogens is 275 g/mol. The molecule has 7 heteroatoms. The lowest BCUT2D eigenvalue weighted by atomic mass is 10.2. The van der Waals surface area contributed by atoms with E-state index in [4.69, 9.17) is 10.5 Å². The predicted molar refractivity (Wildman–Crippen MR) is 77.8 cm³/mol. The zero-order chi connectivity index (χ0) is 15.6. The summed E-state index contributed by atoms with van der Waals surface area (Å²) in [6.45, 7) is 0.337. The van der Waals surface area contributed by atoms with Gasteiger partial charge in [0, 0.05) is 14.1 Å². The van der Waals surface area contributed by atoms with Crippen LogP contribution in [0.5, 0.6) is 0 Å². The maximum atomic E-state index is 12.9. The van der Waals surface area contributed by atoms with Gasteiger partial charge in [-0.3, -0.25) is 0 Å². The van der Waals surface area contributed by atoms with Crippen LogP contribution in [0.4, 0.5) is 16.0 Å². The number of hydrogen-bond acceptors (Lipinski definition) is 5. The van der Waals surface area contributed by atoms with Crippen LogP contribution in [0.15, 0.2) is 24.3 Å². The minimum Gasteiger partial charge on any atom is -0.465 e. The van der Waals surface area contributed by atoms with Crippen molar-refractivity contribution in [1.29, 1.82) is 0 Å². The van der Waals surface area contributed by atoms with E-state index in [0.29, 0.717) is 12.4 Å². The molecule has 0 saturated heterocycles. The highest BCUT2D eigenvalue weighted by atomic mass is 19.1. The summed E-state index contributed by atoms with van der Waals surface area (Å²) in [6, 6.07) is 6.01. The first-order valence-electron chi connectivity index (χ1n) is 6.30. The molecule has 0 radical (unpaired) electrons. The maximum Gasteiger partial charge on any atom is 0.345 e. The summed E-state index contributed by atoms with van der Waals surface area (Å²) < 4.78 is 19.1. The summed E-state index contributed by atoms with van der Waals surface area (Å²) in [5, 5.41) is 4.32. The van der Waals surface area contributed by atoms with Gasteiger partial charge in [-0.05, 0) is 17.7 Å². The highest BCUT2D eigenvalue weighted by molar-refractivity contribution is 5.99. The lowest BCUT2D eigenvalue weighted by Gasteiger charge is -2.09. The fraction of sp³-hybridized carbons (Fsp3) is 0.286. The first-order chi connectivity index (χ1) is 9.93. The Balaban J connectivity index is 2.40. The highest BCUT2D eigenvalue weighted by Crippen LogP contribution is 2.25. The number of rotatable bonds is 4. The van der Waals surface area contributed by atoms with E-state index in [0.717, 1.165) is 5.56 Å². The largest absolute Gasteiger partial charge is 0.465 e. The third-order valence-electron chi connectivity index (χ3n) is 3.03. The molecule has 0 aliphatic carbocycles. The second-order valence-electron chi connectivity index (χ2n) is 4.75. The third kappa shape index (κ3) is 2.96. The Labute approximate surface area is 121 Å². The molecular formula is C14H17FN4O2. The van der Waals surface area contributed by atoms with Crippen LogP contribution in [0.2, 0.25) is 0 Å². The van der Waals surface area contributed by atoms with Gasteiger partial charge in [0.15, 0.2) is 5.82 Å². The lowest BCUT2D eigenvalue weighted by Crippen LogP contribution is -2.14. The molecule has 0 aliphatic heterocycles. The molecule has 0 saturated carbocycles. The van der Waals surface area contributed by atoms with Crippen molar-refractivity contribution in [2.24, 2.45) is 0 Å². The van der Waals surface area contributed by atoms with E-state index in [1.807, 2.05) is 0 Å². The van der Waals surface area contributed by atoms with E-state index in [1.54, 1.807) is 31.1 Å². The molecule has 2 rings (SSSR count). The fourth-order valence-corrected chi connectivity index (χ4v) is 1.96. The van der Waals surface area contributed by atoms with Crippen molar-refractivity contribution in [2.45, 2.75) is 6.54 Å². The summed E-state index contributed by atoms with van der Waals surface area (Å²) in [5.41, 5.74) is 7.05. The zero-order valence-electron chi connectivity index (χ0n) is 12.1. The monoisotopic (exact) mass is 292 g/mol. The average molecular weight is 292 g/mol. The average Bonchev–Trinajstić information content (AvgIpc) is 2.78. The van der Waals surface area contributed by atoms with Crippen molar-refractivity contribution in [3.05, 3.63) is 41.2 Å². The topological polar surface area (TPSA) is 73.4 Å². The van der Waals surface area contributed by atoms with Crippen LogP contribution in [-0.4, -0.2) is 37.0 Å². The smallest absolute Gasteiger partial charge is 0.345 e. The van der Waals surface area contributed by atoms with Crippen LogP contribution in [0.3, 0.4) is 0 Å². The second-order valence-corrected chi connectivity index (χ2v) is 4.75. The normalized spacial score (nSPS) is 10.5. The molecule has 0 bridgehead atoms. The SMILES string of the molecule is COC(=O)c1c(N(C)C)nn(Cc2ccc(F)cc2)c1N. The van der Waals surface area contributed by atoms with Crippen molar-refractivity contribution in [1.82, 2.24) is 9.78 Å². The molecule has 1 aromatic carbocycles. The van der Waals surface area contributed by atoms with Gasteiger partial charge in [-0.1, -0.05) is 12.1 Å². The Morgan fingerprint density at radius 2 is 2.00 bits per heavy atom. The van der Waals surface area contributed by atoms with Gasteiger partial charge in [0.1, 0.15) is 17.2 Å². The number of nitrogen functional groups attached to an aromatic ring is 1. The van der Waals surface area contributed by atoms with Crippen LogP contribution in [-0.2, 0) is 11.3 Å². The van der Waals surface area contributed by atoms with Crippen LogP contribution in [0, 0.1) is 5.82 Å². The van der Waals surface area contributed by atoms with Gasteiger partial charge < -0.3 is 15.4 Å². The Kier molecular flexibility index (Phi) is 4.11. The molecule has 21 heavy (non-hydrogen) atoms. The van der Waals surface area contributed by atoms with Crippen molar-refractivity contribution in [3.8, 4) is 0 Å². The molecule has 2 aromatic rings. The van der Waals surface area contributed by atoms with Crippen LogP contribution in [0.25, 0.3) is 0 Å². The van der Waals surface area contributed by atoms with E-state index in [1.165, 1.54) is 23.9 Å². The van der Waals surface area contributed by atoms with Gasteiger partial charge in [-0.15, -0.1) is 0 Å². The quantitative estimate of drug-likeness (QED) is 0.865. The summed E-state index contributed by atoms with van der Waals surface area (Å²) in [4.78, 5) is 13.5. The molecule has 0 atom stereocenters. The molecule has 2 N–H and O–H groups in total. The Morgan fingerprint density at radius 1 is 1.38 bits per heavy atom. The van der Waals surface area contributed by atoms with Gasteiger partial charge in [0.05, 0.1) is 13.7 Å². The van der Waals surface area contributed by atoms with Crippen molar-refractivity contribution in [3.63, 3.8) is 0 Å². The molecule has 0 unspecified atom stereocenters. The summed E-state index contributed by atoms with van der Waals surface area (Å²) in [6.07, 6.45) is 0. The minimum atomic E-state index is -0.540. The highest BCUT2D eigenvalue weighted by Gasteiger charge is 2.24. The number of nitrogens with zero attached hydrogens (tertiary/aromatic N) is 3. The summed E-state index contributed by atoms with van der Waals surface area (Å²) in [5.74, 6) is -0.200. The molecule has 0 aliphatic rings. The Morgan fingerprint density at radius 3 is 2.52 bits per heavy atom. The fourth-order valence-electron chi connectivity index (χ4n) is 1.96. The zero-order valence-corrected chi connectivity index (χ0v) is 12.1. The molecule has 0 spiro atoms.